The lowest BCUT2D eigenvalue weighted by Crippen LogP contribution is -2.42. The molecule has 6 heteroatoms. The number of hydrogen-bond acceptors (Lipinski definition) is 5. The fourth-order valence-electron chi connectivity index (χ4n) is 1.65. The first kappa shape index (κ1) is 17.9. The summed E-state index contributed by atoms with van der Waals surface area (Å²) in [6.07, 6.45) is 0.978. The Morgan fingerprint density at radius 3 is 2.57 bits per heavy atom. The number of benzene rings is 1. The average molecular weight is 315 g/mol. The molecule has 0 aliphatic carbocycles. The highest BCUT2D eigenvalue weighted by Gasteiger charge is 2.13. The molecule has 0 bridgehead atoms. The van der Waals surface area contributed by atoms with Crippen LogP contribution in [0.3, 0.4) is 0 Å². The zero-order chi connectivity index (χ0) is 16.0. The molecule has 1 aromatic rings. The van der Waals surface area contributed by atoms with E-state index < -0.39 is 16.9 Å². The highest BCUT2D eigenvalue weighted by molar-refractivity contribution is 7.84. The van der Waals surface area contributed by atoms with Crippen LogP contribution in [0.15, 0.2) is 23.1 Å². The van der Waals surface area contributed by atoms with Crippen LogP contribution in [0.4, 0.5) is 0 Å². The van der Waals surface area contributed by atoms with E-state index in [2.05, 4.69) is 5.32 Å². The summed E-state index contributed by atoms with van der Waals surface area (Å²) in [4.78, 5) is 0.581. The fourth-order valence-corrected chi connectivity index (χ4v) is 2.36. The van der Waals surface area contributed by atoms with Crippen LogP contribution in [0.5, 0.6) is 11.5 Å². The van der Waals surface area contributed by atoms with E-state index in [0.29, 0.717) is 22.9 Å². The highest BCUT2D eigenvalue weighted by Crippen LogP contribution is 2.26. The first-order valence-electron chi connectivity index (χ1n) is 6.80. The molecule has 0 aliphatic heterocycles. The highest BCUT2D eigenvalue weighted by atomic mass is 32.2. The van der Waals surface area contributed by atoms with Crippen LogP contribution in [0.1, 0.15) is 20.8 Å². The van der Waals surface area contributed by atoms with Crippen LogP contribution in [0.25, 0.3) is 0 Å². The van der Waals surface area contributed by atoms with Crippen molar-refractivity contribution in [3.05, 3.63) is 18.2 Å². The standard InChI is InChI=1S/C15H25NO4S/c1-15(2,3)16-9-11(17)10-20-12-6-7-13(19-4)14(8-12)21(5)18/h6-8,11,16-17H,9-10H2,1-5H3. The second-order valence-corrected chi connectivity index (χ2v) is 7.21. The van der Waals surface area contributed by atoms with Gasteiger partial charge in [0.2, 0.25) is 0 Å². The van der Waals surface area contributed by atoms with Gasteiger partial charge in [-0.25, -0.2) is 0 Å². The van der Waals surface area contributed by atoms with Gasteiger partial charge in [0.05, 0.1) is 22.8 Å². The Bertz CT molecular complexity index is 485. The Morgan fingerprint density at radius 1 is 1.38 bits per heavy atom. The maximum atomic E-state index is 11.6. The van der Waals surface area contributed by atoms with Gasteiger partial charge in [0.25, 0.3) is 0 Å². The lowest BCUT2D eigenvalue weighted by molar-refractivity contribution is 0.0999. The SMILES string of the molecule is COc1ccc(OCC(O)CNC(C)(C)C)cc1S(C)=O. The van der Waals surface area contributed by atoms with Gasteiger partial charge in [-0.2, -0.15) is 0 Å². The van der Waals surface area contributed by atoms with Crippen molar-refractivity contribution in [1.82, 2.24) is 5.32 Å². The Morgan fingerprint density at radius 2 is 2.05 bits per heavy atom. The second-order valence-electron chi connectivity index (χ2n) is 5.86. The third kappa shape index (κ3) is 6.46. The summed E-state index contributed by atoms with van der Waals surface area (Å²) in [5, 5.41) is 13.1. The van der Waals surface area contributed by atoms with E-state index in [1.54, 1.807) is 24.5 Å². The molecule has 120 valence electrons. The molecule has 0 spiro atoms. The maximum absolute atomic E-state index is 11.6. The molecular formula is C15H25NO4S. The molecule has 0 radical (unpaired) electrons. The Kier molecular flexibility index (Phi) is 6.64. The number of nitrogens with one attached hydrogen (secondary N) is 1. The van der Waals surface area contributed by atoms with E-state index >= 15 is 0 Å². The third-order valence-corrected chi connectivity index (χ3v) is 3.69. The summed E-state index contributed by atoms with van der Waals surface area (Å²) in [5.41, 5.74) is -0.0482. The molecule has 2 unspecified atom stereocenters. The molecule has 0 heterocycles. The summed E-state index contributed by atoms with van der Waals surface area (Å²) in [5.74, 6) is 1.13. The summed E-state index contributed by atoms with van der Waals surface area (Å²) in [7, 11) is 0.376. The monoisotopic (exact) mass is 315 g/mol. The number of rotatable bonds is 7. The van der Waals surface area contributed by atoms with Gasteiger partial charge in [-0.3, -0.25) is 4.21 Å². The fraction of sp³-hybridized carbons (Fsp3) is 0.600. The van der Waals surface area contributed by atoms with Crippen LogP contribution in [-0.2, 0) is 10.8 Å². The first-order chi connectivity index (χ1) is 9.73. The molecule has 21 heavy (non-hydrogen) atoms. The zero-order valence-corrected chi connectivity index (χ0v) is 14.1. The van der Waals surface area contributed by atoms with Crippen LogP contribution in [0, 0.1) is 0 Å². The Balaban J connectivity index is 2.59. The van der Waals surface area contributed by atoms with E-state index in [-0.39, 0.29) is 12.1 Å². The van der Waals surface area contributed by atoms with Gasteiger partial charge in [-0.1, -0.05) is 0 Å². The Hall–Kier alpha value is -1.11. The molecule has 2 N–H and O–H groups in total. The first-order valence-corrected chi connectivity index (χ1v) is 8.36. The van der Waals surface area contributed by atoms with Gasteiger partial charge in [0, 0.05) is 18.3 Å². The summed E-state index contributed by atoms with van der Waals surface area (Å²) >= 11 is 0. The second kappa shape index (κ2) is 7.77. The summed E-state index contributed by atoms with van der Waals surface area (Å²) in [6.45, 7) is 6.73. The van der Waals surface area contributed by atoms with E-state index in [1.807, 2.05) is 20.8 Å². The number of aliphatic hydroxyl groups excluding tert-OH is 1. The molecule has 5 nitrogen and oxygen atoms in total. The van der Waals surface area contributed by atoms with Gasteiger partial charge in [-0.05, 0) is 39.0 Å². The van der Waals surface area contributed by atoms with Gasteiger partial charge >= 0.3 is 0 Å². The number of hydrogen-bond donors (Lipinski definition) is 2. The molecule has 0 aliphatic rings. The summed E-state index contributed by atoms with van der Waals surface area (Å²) in [6, 6.07) is 5.13. The molecule has 1 aromatic carbocycles. The Labute approximate surface area is 129 Å². The lowest BCUT2D eigenvalue weighted by Gasteiger charge is -2.23. The van der Waals surface area contributed by atoms with Crippen LogP contribution < -0.4 is 14.8 Å². The van der Waals surface area contributed by atoms with Gasteiger partial charge in [0.1, 0.15) is 24.2 Å². The number of aliphatic hydroxyl groups is 1. The van der Waals surface area contributed by atoms with Gasteiger partial charge < -0.3 is 19.9 Å². The molecule has 0 aromatic heterocycles. The van der Waals surface area contributed by atoms with Crippen molar-refractivity contribution in [3.8, 4) is 11.5 Å². The predicted octanol–water partition coefficient (Wildman–Crippen LogP) is 1.56. The largest absolute Gasteiger partial charge is 0.495 e. The van der Waals surface area contributed by atoms with Gasteiger partial charge in [-0.15, -0.1) is 0 Å². The number of β-amino-alcohol motifs (C(OH)–C–C–N with tert-alkyl or cyclic N) is 1. The average Bonchev–Trinajstić information content (AvgIpc) is 2.41. The van der Waals surface area contributed by atoms with Crippen molar-refractivity contribution in [3.63, 3.8) is 0 Å². The normalized spacial score (nSPS) is 14.6. The minimum absolute atomic E-state index is 0.0482. The van der Waals surface area contributed by atoms with Crippen molar-refractivity contribution >= 4 is 10.8 Å². The molecule has 2 atom stereocenters. The van der Waals surface area contributed by atoms with Crippen molar-refractivity contribution in [2.75, 3.05) is 26.5 Å². The van der Waals surface area contributed by atoms with Crippen molar-refractivity contribution in [1.29, 1.82) is 0 Å². The molecule has 0 saturated heterocycles. The van der Waals surface area contributed by atoms with E-state index in [1.165, 1.54) is 7.11 Å². The molecule has 0 amide bonds. The van der Waals surface area contributed by atoms with Crippen LogP contribution in [-0.4, -0.2) is 47.5 Å². The smallest absolute Gasteiger partial charge is 0.135 e. The lowest BCUT2D eigenvalue weighted by atomic mass is 10.1. The summed E-state index contributed by atoms with van der Waals surface area (Å²) < 4.78 is 22.3. The van der Waals surface area contributed by atoms with Gasteiger partial charge in [0.15, 0.2) is 0 Å². The topological polar surface area (TPSA) is 67.8 Å². The van der Waals surface area contributed by atoms with Crippen LogP contribution >= 0.6 is 0 Å². The number of methoxy groups -OCH3 is 1. The van der Waals surface area contributed by atoms with E-state index in [4.69, 9.17) is 9.47 Å². The van der Waals surface area contributed by atoms with Crippen molar-refractivity contribution < 1.29 is 18.8 Å². The number of ether oxygens (including phenoxy) is 2. The van der Waals surface area contributed by atoms with E-state index in [0.717, 1.165) is 0 Å². The van der Waals surface area contributed by atoms with Crippen LogP contribution in [0.2, 0.25) is 0 Å². The van der Waals surface area contributed by atoms with E-state index in [9.17, 15) is 9.32 Å². The zero-order valence-electron chi connectivity index (χ0n) is 13.3. The molecular weight excluding hydrogens is 290 g/mol. The third-order valence-electron chi connectivity index (χ3n) is 2.76. The van der Waals surface area contributed by atoms with Crippen molar-refractivity contribution in [2.24, 2.45) is 0 Å². The minimum Gasteiger partial charge on any atom is -0.495 e. The molecule has 0 saturated carbocycles. The maximum Gasteiger partial charge on any atom is 0.135 e. The minimum atomic E-state index is -1.16. The predicted molar refractivity (Wildman–Crippen MR) is 84.6 cm³/mol. The molecule has 1 rings (SSSR count). The quantitative estimate of drug-likeness (QED) is 0.799. The van der Waals surface area contributed by atoms with Crippen molar-refractivity contribution in [2.45, 2.75) is 37.3 Å². The molecule has 0 fully saturated rings.